The van der Waals surface area contributed by atoms with Gasteiger partial charge in [-0.1, -0.05) is 25.7 Å². The smallest absolute Gasteiger partial charge is 0.245 e. The Morgan fingerprint density at radius 3 is 2.50 bits per heavy atom. The highest BCUT2D eigenvalue weighted by atomic mass is 32.2. The van der Waals surface area contributed by atoms with E-state index in [-0.39, 0.29) is 4.90 Å². The van der Waals surface area contributed by atoms with E-state index in [1.165, 1.54) is 12.4 Å². The maximum atomic E-state index is 12.1. The standard InChI is InChI=1S/C11H16N4O2S/c12-9-11(5-3-1-2-4-6-11)15-18(16,17)10-7-13-14-8-10/h7-8,15H,1-6H2,(H,13,14). The molecule has 0 aliphatic heterocycles. The third-order valence-corrected chi connectivity index (χ3v) is 4.79. The molecule has 0 aromatic carbocycles. The van der Waals surface area contributed by atoms with Crippen LogP contribution in [0.1, 0.15) is 38.5 Å². The molecule has 0 unspecified atom stereocenters. The zero-order chi connectivity index (χ0) is 13.1. The van der Waals surface area contributed by atoms with Crippen LogP contribution in [-0.2, 0) is 10.0 Å². The van der Waals surface area contributed by atoms with Crippen molar-refractivity contribution < 1.29 is 8.42 Å². The first-order chi connectivity index (χ1) is 8.58. The van der Waals surface area contributed by atoms with Gasteiger partial charge in [0.25, 0.3) is 0 Å². The Hall–Kier alpha value is -1.39. The minimum absolute atomic E-state index is 0.0707. The highest BCUT2D eigenvalue weighted by molar-refractivity contribution is 7.89. The molecule has 0 atom stereocenters. The average molecular weight is 268 g/mol. The van der Waals surface area contributed by atoms with Gasteiger partial charge in [0, 0.05) is 6.20 Å². The number of aromatic nitrogens is 2. The third-order valence-electron chi connectivity index (χ3n) is 3.28. The second-order valence-corrected chi connectivity index (χ2v) is 6.33. The predicted octanol–water partition coefficient (Wildman–Crippen LogP) is 1.30. The molecule has 1 aliphatic rings. The molecule has 1 saturated carbocycles. The van der Waals surface area contributed by atoms with Crippen LogP contribution in [0, 0.1) is 11.3 Å². The van der Waals surface area contributed by atoms with Crippen LogP contribution in [0.4, 0.5) is 0 Å². The molecule has 0 amide bonds. The molecule has 2 N–H and O–H groups in total. The normalized spacial score (nSPS) is 19.9. The Labute approximate surface area is 106 Å². The fraction of sp³-hybridized carbons (Fsp3) is 0.636. The number of H-pyrrole nitrogens is 1. The van der Waals surface area contributed by atoms with Crippen molar-refractivity contribution in [1.82, 2.24) is 14.9 Å². The molecule has 0 spiro atoms. The minimum atomic E-state index is -3.67. The van der Waals surface area contributed by atoms with E-state index < -0.39 is 15.6 Å². The Kier molecular flexibility index (Phi) is 3.68. The summed E-state index contributed by atoms with van der Waals surface area (Å²) in [5.41, 5.74) is -0.966. The summed E-state index contributed by atoms with van der Waals surface area (Å²) in [7, 11) is -3.67. The Morgan fingerprint density at radius 1 is 1.33 bits per heavy atom. The molecule has 7 heteroatoms. The van der Waals surface area contributed by atoms with E-state index in [0.29, 0.717) is 12.8 Å². The molecular weight excluding hydrogens is 252 g/mol. The molecule has 98 valence electrons. The third kappa shape index (κ3) is 2.71. The first kappa shape index (κ1) is 13.1. The minimum Gasteiger partial charge on any atom is -0.284 e. The Morgan fingerprint density at radius 2 is 2.00 bits per heavy atom. The summed E-state index contributed by atoms with van der Waals surface area (Å²) in [4.78, 5) is 0.0707. The van der Waals surface area contributed by atoms with Gasteiger partial charge in [0.15, 0.2) is 0 Å². The molecule has 1 aromatic heterocycles. The Bertz CT molecular complexity index is 522. The molecule has 1 aromatic rings. The molecule has 0 bridgehead atoms. The van der Waals surface area contributed by atoms with Crippen LogP contribution < -0.4 is 4.72 Å². The van der Waals surface area contributed by atoms with Crippen LogP contribution in [-0.4, -0.2) is 24.2 Å². The SMILES string of the molecule is N#CC1(NS(=O)(=O)c2cn[nH]c2)CCCCCC1. The van der Waals surface area contributed by atoms with Gasteiger partial charge in [0.05, 0.1) is 12.3 Å². The van der Waals surface area contributed by atoms with Gasteiger partial charge in [-0.2, -0.15) is 15.1 Å². The molecule has 0 radical (unpaired) electrons. The van der Waals surface area contributed by atoms with E-state index in [4.69, 9.17) is 0 Å². The van der Waals surface area contributed by atoms with Crippen molar-refractivity contribution in [1.29, 1.82) is 5.26 Å². The van der Waals surface area contributed by atoms with Crippen molar-refractivity contribution in [2.75, 3.05) is 0 Å². The zero-order valence-electron chi connectivity index (χ0n) is 10.0. The Balaban J connectivity index is 2.23. The number of hydrogen-bond donors (Lipinski definition) is 2. The van der Waals surface area contributed by atoms with Gasteiger partial charge in [0.1, 0.15) is 10.4 Å². The summed E-state index contributed by atoms with van der Waals surface area (Å²) < 4.78 is 26.8. The van der Waals surface area contributed by atoms with Crippen molar-refractivity contribution in [3.8, 4) is 6.07 Å². The molecule has 1 fully saturated rings. The van der Waals surface area contributed by atoms with E-state index >= 15 is 0 Å². The lowest BCUT2D eigenvalue weighted by Gasteiger charge is -2.25. The summed E-state index contributed by atoms with van der Waals surface area (Å²) in [5, 5.41) is 15.4. The van der Waals surface area contributed by atoms with Crippen molar-refractivity contribution >= 4 is 10.0 Å². The fourth-order valence-electron chi connectivity index (χ4n) is 2.27. The lowest BCUT2D eigenvalue weighted by molar-refractivity contribution is 0.422. The molecule has 0 saturated heterocycles. The number of nitrogens with one attached hydrogen (secondary N) is 2. The number of nitrogens with zero attached hydrogens (tertiary/aromatic N) is 2. The van der Waals surface area contributed by atoms with Gasteiger partial charge in [-0.3, -0.25) is 5.10 Å². The number of aromatic amines is 1. The van der Waals surface area contributed by atoms with Gasteiger partial charge in [-0.25, -0.2) is 8.42 Å². The summed E-state index contributed by atoms with van der Waals surface area (Å²) >= 11 is 0. The maximum Gasteiger partial charge on any atom is 0.245 e. The molecule has 1 heterocycles. The van der Waals surface area contributed by atoms with E-state index in [1.54, 1.807) is 0 Å². The lowest BCUT2D eigenvalue weighted by Crippen LogP contribution is -2.46. The second kappa shape index (κ2) is 5.08. The first-order valence-electron chi connectivity index (χ1n) is 6.02. The molecule has 1 aliphatic carbocycles. The van der Waals surface area contributed by atoms with E-state index in [9.17, 15) is 13.7 Å². The number of rotatable bonds is 3. The van der Waals surface area contributed by atoms with E-state index in [1.807, 2.05) is 0 Å². The summed E-state index contributed by atoms with van der Waals surface area (Å²) in [5.74, 6) is 0. The van der Waals surface area contributed by atoms with Gasteiger partial charge in [-0.05, 0) is 12.8 Å². The van der Waals surface area contributed by atoms with Gasteiger partial charge in [0.2, 0.25) is 10.0 Å². The summed E-state index contributed by atoms with van der Waals surface area (Å²) in [6.07, 6.45) is 7.55. The van der Waals surface area contributed by atoms with Crippen molar-refractivity contribution in [3.05, 3.63) is 12.4 Å². The molecule has 6 nitrogen and oxygen atoms in total. The van der Waals surface area contributed by atoms with Crippen LogP contribution in [0.25, 0.3) is 0 Å². The van der Waals surface area contributed by atoms with E-state index in [0.717, 1.165) is 25.7 Å². The largest absolute Gasteiger partial charge is 0.284 e. The van der Waals surface area contributed by atoms with Crippen LogP contribution >= 0.6 is 0 Å². The molecular formula is C11H16N4O2S. The van der Waals surface area contributed by atoms with Crippen LogP contribution in [0.3, 0.4) is 0 Å². The number of sulfonamides is 1. The maximum absolute atomic E-state index is 12.1. The van der Waals surface area contributed by atoms with E-state index in [2.05, 4.69) is 21.0 Å². The number of hydrogen-bond acceptors (Lipinski definition) is 4. The van der Waals surface area contributed by atoms with Crippen molar-refractivity contribution in [2.45, 2.75) is 49.0 Å². The molecule has 2 rings (SSSR count). The fourth-order valence-corrected chi connectivity index (χ4v) is 3.55. The highest BCUT2D eigenvalue weighted by Crippen LogP contribution is 2.28. The molecule has 18 heavy (non-hydrogen) atoms. The topological polar surface area (TPSA) is 98.6 Å². The quantitative estimate of drug-likeness (QED) is 0.807. The average Bonchev–Trinajstić information content (AvgIpc) is 2.79. The lowest BCUT2D eigenvalue weighted by atomic mass is 9.94. The van der Waals surface area contributed by atoms with Crippen molar-refractivity contribution in [3.63, 3.8) is 0 Å². The van der Waals surface area contributed by atoms with Gasteiger partial charge in [-0.15, -0.1) is 0 Å². The van der Waals surface area contributed by atoms with Gasteiger partial charge < -0.3 is 0 Å². The zero-order valence-corrected chi connectivity index (χ0v) is 10.8. The summed E-state index contributed by atoms with van der Waals surface area (Å²) in [6.45, 7) is 0. The van der Waals surface area contributed by atoms with Crippen LogP contribution in [0.5, 0.6) is 0 Å². The monoisotopic (exact) mass is 268 g/mol. The summed E-state index contributed by atoms with van der Waals surface area (Å²) in [6, 6.07) is 2.15. The van der Waals surface area contributed by atoms with Crippen molar-refractivity contribution in [2.24, 2.45) is 0 Å². The highest BCUT2D eigenvalue weighted by Gasteiger charge is 2.36. The number of nitriles is 1. The van der Waals surface area contributed by atoms with Crippen LogP contribution in [0.2, 0.25) is 0 Å². The predicted molar refractivity (Wildman–Crippen MR) is 65.0 cm³/mol. The first-order valence-corrected chi connectivity index (χ1v) is 7.50. The second-order valence-electron chi connectivity index (χ2n) is 4.65. The van der Waals surface area contributed by atoms with Crippen LogP contribution in [0.15, 0.2) is 17.3 Å². The van der Waals surface area contributed by atoms with Gasteiger partial charge >= 0.3 is 0 Å².